The Morgan fingerprint density at radius 3 is 2.63 bits per heavy atom. The third-order valence-corrected chi connectivity index (χ3v) is 6.11. The molecule has 1 aromatic heterocycles. The fraction of sp³-hybridized carbons (Fsp3) is 0.478. The maximum absolute atomic E-state index is 12.9. The maximum atomic E-state index is 12.9. The van der Waals surface area contributed by atoms with Gasteiger partial charge in [0, 0.05) is 38.1 Å². The summed E-state index contributed by atoms with van der Waals surface area (Å²) in [7, 11) is 1.69. The number of furan rings is 1. The van der Waals surface area contributed by atoms with Crippen LogP contribution in [-0.2, 0) is 4.79 Å². The van der Waals surface area contributed by atoms with E-state index in [4.69, 9.17) is 9.15 Å². The average Bonchev–Trinajstić information content (AvgIpc) is 3.34. The van der Waals surface area contributed by atoms with E-state index in [1.165, 1.54) is 12.5 Å². The molecule has 2 aliphatic heterocycles. The second kappa shape index (κ2) is 9.24. The monoisotopic (exact) mass is 411 g/mol. The van der Waals surface area contributed by atoms with Crippen LogP contribution in [0, 0.1) is 5.92 Å². The number of carbonyl (C=O) groups excluding carboxylic acids is 2. The van der Waals surface area contributed by atoms with Crippen molar-refractivity contribution < 1.29 is 18.7 Å². The van der Waals surface area contributed by atoms with Gasteiger partial charge in [-0.05, 0) is 43.9 Å². The predicted molar refractivity (Wildman–Crippen MR) is 114 cm³/mol. The van der Waals surface area contributed by atoms with Gasteiger partial charge < -0.3 is 24.3 Å². The van der Waals surface area contributed by atoms with Gasteiger partial charge in [-0.2, -0.15) is 0 Å². The number of nitrogens with zero attached hydrogens (tertiary/aromatic N) is 2. The predicted octanol–water partition coefficient (Wildman–Crippen LogP) is 2.93. The number of benzene rings is 1. The second-order valence-corrected chi connectivity index (χ2v) is 8.04. The molecule has 2 amide bonds. The SMILES string of the molecule is COc1ccccc1N1CCCC(NC(=O)C2CCN(C(=O)c3ccoc3)CC2)C1. The first-order valence-corrected chi connectivity index (χ1v) is 10.7. The van der Waals surface area contributed by atoms with Crippen molar-refractivity contribution in [2.24, 2.45) is 5.92 Å². The van der Waals surface area contributed by atoms with Crippen LogP contribution in [0.25, 0.3) is 0 Å². The Balaban J connectivity index is 1.29. The number of ether oxygens (including phenoxy) is 1. The fourth-order valence-electron chi connectivity index (χ4n) is 4.44. The molecule has 0 aliphatic carbocycles. The molecule has 1 atom stereocenters. The third-order valence-electron chi connectivity index (χ3n) is 6.11. The molecule has 2 aliphatic rings. The minimum atomic E-state index is -0.0416. The Morgan fingerprint density at radius 1 is 1.10 bits per heavy atom. The van der Waals surface area contributed by atoms with Gasteiger partial charge in [0.2, 0.25) is 5.91 Å². The number of rotatable bonds is 5. The Kier molecular flexibility index (Phi) is 6.26. The van der Waals surface area contributed by atoms with Crippen molar-refractivity contribution in [1.29, 1.82) is 0 Å². The van der Waals surface area contributed by atoms with Crippen molar-refractivity contribution in [3.8, 4) is 5.75 Å². The van der Waals surface area contributed by atoms with Crippen molar-refractivity contribution in [2.45, 2.75) is 31.7 Å². The number of anilines is 1. The maximum Gasteiger partial charge on any atom is 0.257 e. The van der Waals surface area contributed by atoms with Crippen LogP contribution in [0.4, 0.5) is 5.69 Å². The lowest BCUT2D eigenvalue weighted by Crippen LogP contribution is -2.51. The average molecular weight is 412 g/mol. The van der Waals surface area contributed by atoms with Crippen LogP contribution >= 0.6 is 0 Å². The molecule has 30 heavy (non-hydrogen) atoms. The summed E-state index contributed by atoms with van der Waals surface area (Å²) in [4.78, 5) is 29.4. The number of piperidine rings is 2. The van der Waals surface area contributed by atoms with Gasteiger partial charge in [-0.3, -0.25) is 9.59 Å². The Bertz CT molecular complexity index is 859. The summed E-state index contributed by atoms with van der Waals surface area (Å²) < 4.78 is 10.5. The molecule has 0 saturated carbocycles. The van der Waals surface area contributed by atoms with Gasteiger partial charge in [-0.1, -0.05) is 12.1 Å². The van der Waals surface area contributed by atoms with Crippen molar-refractivity contribution in [2.75, 3.05) is 38.2 Å². The van der Waals surface area contributed by atoms with E-state index in [2.05, 4.69) is 16.3 Å². The molecule has 0 spiro atoms. The van der Waals surface area contributed by atoms with Gasteiger partial charge in [0.15, 0.2) is 0 Å². The van der Waals surface area contributed by atoms with Gasteiger partial charge in [-0.25, -0.2) is 0 Å². The highest BCUT2D eigenvalue weighted by atomic mass is 16.5. The number of amides is 2. The van der Waals surface area contributed by atoms with Crippen LogP contribution in [-0.4, -0.2) is 56.0 Å². The van der Waals surface area contributed by atoms with E-state index in [0.29, 0.717) is 31.5 Å². The number of carbonyl (C=O) groups is 2. The number of para-hydroxylation sites is 2. The number of methoxy groups -OCH3 is 1. The van der Waals surface area contributed by atoms with E-state index in [9.17, 15) is 9.59 Å². The summed E-state index contributed by atoms with van der Waals surface area (Å²) in [6.07, 6.45) is 6.37. The van der Waals surface area contributed by atoms with E-state index >= 15 is 0 Å². The molecule has 1 N–H and O–H groups in total. The van der Waals surface area contributed by atoms with Crippen LogP contribution in [0.2, 0.25) is 0 Å². The van der Waals surface area contributed by atoms with Gasteiger partial charge in [0.25, 0.3) is 5.91 Å². The summed E-state index contributed by atoms with van der Waals surface area (Å²) >= 11 is 0. The van der Waals surface area contributed by atoms with E-state index in [0.717, 1.165) is 37.4 Å². The van der Waals surface area contributed by atoms with E-state index < -0.39 is 0 Å². The van der Waals surface area contributed by atoms with Crippen LogP contribution in [0.1, 0.15) is 36.0 Å². The highest BCUT2D eigenvalue weighted by molar-refractivity contribution is 5.94. The lowest BCUT2D eigenvalue weighted by Gasteiger charge is -2.37. The van der Waals surface area contributed by atoms with Crippen LogP contribution in [0.15, 0.2) is 47.3 Å². The van der Waals surface area contributed by atoms with Gasteiger partial charge in [0.1, 0.15) is 12.0 Å². The molecule has 1 unspecified atom stereocenters. The smallest absolute Gasteiger partial charge is 0.257 e. The Labute approximate surface area is 177 Å². The zero-order valence-electron chi connectivity index (χ0n) is 17.4. The third kappa shape index (κ3) is 4.45. The zero-order chi connectivity index (χ0) is 20.9. The topological polar surface area (TPSA) is 75.0 Å². The molecule has 2 saturated heterocycles. The summed E-state index contributed by atoms with van der Waals surface area (Å²) in [6.45, 7) is 2.94. The number of hydrogen-bond acceptors (Lipinski definition) is 5. The minimum absolute atomic E-state index is 0.0256. The first kappa shape index (κ1) is 20.3. The second-order valence-electron chi connectivity index (χ2n) is 8.04. The molecule has 3 heterocycles. The van der Waals surface area contributed by atoms with Gasteiger partial charge in [-0.15, -0.1) is 0 Å². The lowest BCUT2D eigenvalue weighted by atomic mass is 9.94. The van der Waals surface area contributed by atoms with Gasteiger partial charge >= 0.3 is 0 Å². The van der Waals surface area contributed by atoms with Crippen molar-refractivity contribution in [1.82, 2.24) is 10.2 Å². The number of likely N-dealkylation sites (tertiary alicyclic amines) is 1. The summed E-state index contributed by atoms with van der Waals surface area (Å²) in [5.74, 6) is 0.902. The molecule has 7 nitrogen and oxygen atoms in total. The lowest BCUT2D eigenvalue weighted by molar-refractivity contribution is -0.127. The van der Waals surface area contributed by atoms with Crippen molar-refractivity contribution in [3.63, 3.8) is 0 Å². The fourth-order valence-corrected chi connectivity index (χ4v) is 4.44. The Morgan fingerprint density at radius 2 is 1.90 bits per heavy atom. The van der Waals surface area contributed by atoms with Crippen LogP contribution in [0.5, 0.6) is 5.75 Å². The minimum Gasteiger partial charge on any atom is -0.495 e. The molecule has 7 heteroatoms. The molecule has 1 aromatic carbocycles. The summed E-state index contributed by atoms with van der Waals surface area (Å²) in [5.41, 5.74) is 1.64. The van der Waals surface area contributed by atoms with E-state index in [1.807, 2.05) is 18.2 Å². The van der Waals surface area contributed by atoms with Crippen molar-refractivity contribution in [3.05, 3.63) is 48.4 Å². The quantitative estimate of drug-likeness (QED) is 0.819. The molecule has 0 radical (unpaired) electrons. The zero-order valence-corrected chi connectivity index (χ0v) is 17.4. The number of hydrogen-bond donors (Lipinski definition) is 1. The highest BCUT2D eigenvalue weighted by Gasteiger charge is 2.30. The standard InChI is InChI=1S/C23H29N3O4/c1-29-21-7-3-2-6-20(21)26-11-4-5-19(15-26)24-22(27)17-8-12-25(13-9-17)23(28)18-10-14-30-16-18/h2-3,6-7,10,14,16-17,19H,4-5,8-9,11-13,15H2,1H3,(H,24,27). The first-order chi connectivity index (χ1) is 14.7. The molecular weight excluding hydrogens is 382 g/mol. The molecule has 160 valence electrons. The van der Waals surface area contributed by atoms with E-state index in [-0.39, 0.29) is 23.8 Å². The van der Waals surface area contributed by atoms with Gasteiger partial charge in [0.05, 0.1) is 24.6 Å². The molecule has 0 bridgehead atoms. The molecule has 4 rings (SSSR count). The largest absolute Gasteiger partial charge is 0.495 e. The normalized spacial score (nSPS) is 20.1. The summed E-state index contributed by atoms with van der Waals surface area (Å²) in [5, 5.41) is 3.26. The molecular formula is C23H29N3O4. The Hall–Kier alpha value is -2.96. The van der Waals surface area contributed by atoms with Crippen molar-refractivity contribution >= 4 is 17.5 Å². The summed E-state index contributed by atoms with van der Waals surface area (Å²) in [6, 6.07) is 9.82. The first-order valence-electron chi connectivity index (χ1n) is 10.7. The van der Waals surface area contributed by atoms with Crippen LogP contribution < -0.4 is 15.0 Å². The molecule has 2 aromatic rings. The van der Waals surface area contributed by atoms with Crippen LogP contribution in [0.3, 0.4) is 0 Å². The highest BCUT2D eigenvalue weighted by Crippen LogP contribution is 2.30. The molecule has 2 fully saturated rings. The number of nitrogens with one attached hydrogen (secondary N) is 1. The van der Waals surface area contributed by atoms with E-state index in [1.54, 1.807) is 18.1 Å².